The van der Waals surface area contributed by atoms with Gasteiger partial charge in [-0.25, -0.2) is 0 Å². The second kappa shape index (κ2) is 10.4. The van der Waals surface area contributed by atoms with Crippen molar-refractivity contribution in [2.75, 3.05) is 10.6 Å². The molecule has 4 N–H and O–H groups in total. The summed E-state index contributed by atoms with van der Waals surface area (Å²) >= 11 is 0. The molecule has 0 unspecified atom stereocenters. The van der Waals surface area contributed by atoms with E-state index in [0.29, 0.717) is 24.2 Å². The van der Waals surface area contributed by atoms with E-state index in [-0.39, 0.29) is 33.5 Å². The molecule has 6 heteroatoms. The highest BCUT2D eigenvalue weighted by molar-refractivity contribution is 6.09. The van der Waals surface area contributed by atoms with Crippen LogP contribution in [0.1, 0.15) is 73.4 Å². The summed E-state index contributed by atoms with van der Waals surface area (Å²) in [5, 5.41) is 26.5. The van der Waals surface area contributed by atoms with E-state index >= 15 is 0 Å². The maximum Gasteiger partial charge on any atom is 0.259 e. The number of anilines is 2. The van der Waals surface area contributed by atoms with Gasteiger partial charge < -0.3 is 20.8 Å². The summed E-state index contributed by atoms with van der Waals surface area (Å²) in [6.07, 6.45) is 1.25. The van der Waals surface area contributed by atoms with Crippen LogP contribution >= 0.6 is 0 Å². The summed E-state index contributed by atoms with van der Waals surface area (Å²) < 4.78 is 0. The molecular weight excluding hydrogens is 452 g/mol. The average Bonchev–Trinajstić information content (AvgIpc) is 2.71. The first-order valence-corrected chi connectivity index (χ1v) is 12.1. The summed E-state index contributed by atoms with van der Waals surface area (Å²) in [5.41, 5.74) is 2.80. The smallest absolute Gasteiger partial charge is 0.259 e. The van der Waals surface area contributed by atoms with E-state index in [1.54, 1.807) is 36.4 Å². The Morgan fingerprint density at radius 1 is 0.639 bits per heavy atom. The number of carbonyl (C=O) groups is 2. The molecule has 0 aliphatic rings. The Balaban J connectivity index is 1.83. The molecule has 0 heterocycles. The normalized spacial score (nSPS) is 11.7. The largest absolute Gasteiger partial charge is 0.507 e. The molecule has 0 saturated heterocycles. The van der Waals surface area contributed by atoms with Gasteiger partial charge in [-0.05, 0) is 65.1 Å². The van der Waals surface area contributed by atoms with Gasteiger partial charge in [0.05, 0.1) is 11.1 Å². The van der Waals surface area contributed by atoms with E-state index in [0.717, 1.165) is 11.1 Å². The van der Waals surface area contributed by atoms with Gasteiger partial charge in [-0.2, -0.15) is 0 Å². The molecule has 0 spiro atoms. The van der Waals surface area contributed by atoms with Gasteiger partial charge in [0.2, 0.25) is 0 Å². The van der Waals surface area contributed by atoms with Crippen LogP contribution in [-0.2, 0) is 12.8 Å². The lowest BCUT2D eigenvalue weighted by Gasteiger charge is -2.21. The first-order valence-electron chi connectivity index (χ1n) is 12.1. The molecule has 0 atom stereocenters. The molecule has 0 radical (unpaired) electrons. The molecule has 3 aromatic rings. The molecule has 0 fully saturated rings. The van der Waals surface area contributed by atoms with Crippen molar-refractivity contribution >= 4 is 23.2 Å². The lowest BCUT2D eigenvalue weighted by molar-refractivity contribution is 0.101. The number of phenols is 2. The van der Waals surface area contributed by atoms with Crippen LogP contribution < -0.4 is 10.6 Å². The summed E-state index contributed by atoms with van der Waals surface area (Å²) in [7, 11) is 0. The highest BCUT2D eigenvalue weighted by Crippen LogP contribution is 2.30. The van der Waals surface area contributed by atoms with E-state index in [9.17, 15) is 19.8 Å². The minimum absolute atomic E-state index is 0.0676. The number of phenolic OH excluding ortho intramolecular Hbond substituents is 2. The van der Waals surface area contributed by atoms with E-state index < -0.39 is 11.8 Å². The second-order valence-corrected chi connectivity index (χ2v) is 11.6. The van der Waals surface area contributed by atoms with Crippen LogP contribution in [-0.4, -0.2) is 22.0 Å². The van der Waals surface area contributed by atoms with Crippen molar-refractivity contribution in [3.05, 3.63) is 82.9 Å². The molecule has 36 heavy (non-hydrogen) atoms. The topological polar surface area (TPSA) is 98.7 Å². The molecule has 3 aromatic carbocycles. The van der Waals surface area contributed by atoms with Crippen LogP contribution in [0.2, 0.25) is 0 Å². The molecule has 0 aliphatic carbocycles. The number of nitrogens with one attached hydrogen (secondary N) is 2. The van der Waals surface area contributed by atoms with E-state index in [1.807, 2.05) is 12.1 Å². The van der Waals surface area contributed by atoms with Crippen molar-refractivity contribution in [1.29, 1.82) is 0 Å². The van der Waals surface area contributed by atoms with Crippen molar-refractivity contribution in [3.8, 4) is 11.5 Å². The second-order valence-electron chi connectivity index (χ2n) is 11.6. The molecule has 6 nitrogen and oxygen atoms in total. The Morgan fingerprint density at radius 2 is 1.00 bits per heavy atom. The predicted octanol–water partition coefficient (Wildman–Crippen LogP) is 6.78. The zero-order valence-electron chi connectivity index (χ0n) is 21.9. The Hall–Kier alpha value is -3.80. The van der Waals surface area contributed by atoms with Crippen LogP contribution in [0.25, 0.3) is 0 Å². The number of hydrogen-bond acceptors (Lipinski definition) is 4. The van der Waals surface area contributed by atoms with Gasteiger partial charge in [-0.15, -0.1) is 0 Å². The Bertz CT molecular complexity index is 1170. The highest BCUT2D eigenvalue weighted by Gasteiger charge is 2.22. The Labute approximate surface area is 213 Å². The number of amides is 2. The SMILES string of the molecule is CC(C)(C)Cc1cccc(O)c1C(=O)Nc1cccc(NC(=O)c2c(O)cccc2CC(C)(C)C)c1. The quantitative estimate of drug-likeness (QED) is 0.307. The average molecular weight is 489 g/mol. The lowest BCUT2D eigenvalue weighted by atomic mass is 9.86. The first kappa shape index (κ1) is 26.8. The molecule has 0 aromatic heterocycles. The van der Waals surface area contributed by atoms with E-state index in [2.05, 4.69) is 52.2 Å². The number of hydrogen-bond donors (Lipinski definition) is 4. The summed E-state index contributed by atoms with van der Waals surface area (Å²) in [6, 6.07) is 16.9. The fraction of sp³-hybridized carbons (Fsp3) is 0.333. The van der Waals surface area contributed by atoms with Crippen molar-refractivity contribution in [2.24, 2.45) is 10.8 Å². The van der Waals surface area contributed by atoms with Crippen LogP contribution in [0.15, 0.2) is 60.7 Å². The Kier molecular flexibility index (Phi) is 7.77. The van der Waals surface area contributed by atoms with Crippen LogP contribution in [0.3, 0.4) is 0 Å². The zero-order chi connectivity index (χ0) is 26.7. The molecule has 0 saturated carbocycles. The summed E-state index contributed by atoms with van der Waals surface area (Å²) in [6.45, 7) is 12.4. The predicted molar refractivity (Wildman–Crippen MR) is 145 cm³/mol. The van der Waals surface area contributed by atoms with Crippen molar-refractivity contribution in [2.45, 2.75) is 54.4 Å². The first-order chi connectivity index (χ1) is 16.7. The highest BCUT2D eigenvalue weighted by atomic mass is 16.3. The fourth-order valence-electron chi connectivity index (χ4n) is 4.20. The molecule has 190 valence electrons. The molecule has 2 amide bonds. The summed E-state index contributed by atoms with van der Waals surface area (Å²) in [4.78, 5) is 26.3. The minimum Gasteiger partial charge on any atom is -0.507 e. The van der Waals surface area contributed by atoms with Gasteiger partial charge >= 0.3 is 0 Å². The van der Waals surface area contributed by atoms with Gasteiger partial charge in [0, 0.05) is 11.4 Å². The lowest BCUT2D eigenvalue weighted by Crippen LogP contribution is -2.19. The monoisotopic (exact) mass is 488 g/mol. The standard InChI is InChI=1S/C30H36N2O4/c1-29(2,3)17-19-10-7-14-23(33)25(19)27(35)31-21-12-9-13-22(16-21)32-28(36)26-20(18-30(4,5)6)11-8-15-24(26)34/h7-16,33-34H,17-18H2,1-6H3,(H,31,35)(H,32,36). The third-order valence-electron chi connectivity index (χ3n) is 5.53. The third kappa shape index (κ3) is 7.11. The van der Waals surface area contributed by atoms with Crippen molar-refractivity contribution in [1.82, 2.24) is 0 Å². The van der Waals surface area contributed by atoms with Gasteiger partial charge in [-0.3, -0.25) is 9.59 Å². The third-order valence-corrected chi connectivity index (χ3v) is 5.53. The van der Waals surface area contributed by atoms with Crippen LogP contribution in [0, 0.1) is 10.8 Å². The van der Waals surface area contributed by atoms with Gasteiger partial charge in [0.1, 0.15) is 11.5 Å². The number of benzene rings is 3. The van der Waals surface area contributed by atoms with Gasteiger partial charge in [-0.1, -0.05) is 71.9 Å². The van der Waals surface area contributed by atoms with Crippen molar-refractivity contribution in [3.63, 3.8) is 0 Å². The molecule has 3 rings (SSSR count). The maximum absolute atomic E-state index is 13.1. The molecule has 0 aliphatic heterocycles. The summed E-state index contributed by atoms with van der Waals surface area (Å²) in [5.74, 6) is -1.01. The maximum atomic E-state index is 13.1. The molecule has 0 bridgehead atoms. The van der Waals surface area contributed by atoms with Gasteiger partial charge in [0.25, 0.3) is 11.8 Å². The van der Waals surface area contributed by atoms with Crippen LogP contribution in [0.5, 0.6) is 11.5 Å². The van der Waals surface area contributed by atoms with Gasteiger partial charge in [0.15, 0.2) is 0 Å². The number of rotatable bonds is 6. The van der Waals surface area contributed by atoms with E-state index in [1.165, 1.54) is 12.1 Å². The van der Waals surface area contributed by atoms with E-state index in [4.69, 9.17) is 0 Å². The number of carbonyl (C=O) groups excluding carboxylic acids is 2. The van der Waals surface area contributed by atoms with Crippen molar-refractivity contribution < 1.29 is 19.8 Å². The molecular formula is C30H36N2O4. The van der Waals surface area contributed by atoms with Crippen LogP contribution in [0.4, 0.5) is 11.4 Å². The minimum atomic E-state index is -0.427. The zero-order valence-corrected chi connectivity index (χ0v) is 21.9. The number of aromatic hydroxyl groups is 2. The fourth-order valence-corrected chi connectivity index (χ4v) is 4.20. The Morgan fingerprint density at radius 3 is 1.36 bits per heavy atom.